The molecule has 0 saturated heterocycles. The lowest BCUT2D eigenvalue weighted by Crippen LogP contribution is -2.16. The minimum atomic E-state index is -4.74. The second kappa shape index (κ2) is 5.85. The van der Waals surface area contributed by atoms with Crippen molar-refractivity contribution in [2.24, 2.45) is 0 Å². The van der Waals surface area contributed by atoms with E-state index in [2.05, 4.69) is 20.7 Å². The lowest BCUT2D eigenvalue weighted by atomic mass is 10.3. The Balaban J connectivity index is 0.000000921. The standard InChI is InChI=1S/C7H4BrF3O2.C2H6/c8-5-2-1-4(3-6(5)12)13-7(9,10)11;1-2/h1-3,12H;1-2H3. The molecule has 6 heteroatoms. The van der Waals surface area contributed by atoms with E-state index >= 15 is 0 Å². The molecule has 0 aromatic heterocycles. The summed E-state index contributed by atoms with van der Waals surface area (Å²) in [5.41, 5.74) is 0. The molecule has 0 heterocycles. The van der Waals surface area contributed by atoms with Crippen molar-refractivity contribution in [1.82, 2.24) is 0 Å². The fourth-order valence-electron chi connectivity index (χ4n) is 0.690. The minimum Gasteiger partial charge on any atom is -0.507 e. The second-order valence-electron chi connectivity index (χ2n) is 2.16. The van der Waals surface area contributed by atoms with Crippen LogP contribution in [-0.2, 0) is 0 Å². The summed E-state index contributed by atoms with van der Waals surface area (Å²) in [4.78, 5) is 0. The van der Waals surface area contributed by atoms with Gasteiger partial charge in [0, 0.05) is 6.07 Å². The molecule has 0 radical (unpaired) electrons. The number of hydrogen-bond donors (Lipinski definition) is 1. The Morgan fingerprint density at radius 2 is 1.80 bits per heavy atom. The Hall–Kier alpha value is -0.910. The zero-order valence-electron chi connectivity index (χ0n) is 8.10. The van der Waals surface area contributed by atoms with Crippen molar-refractivity contribution < 1.29 is 23.0 Å². The van der Waals surface area contributed by atoms with Gasteiger partial charge in [0.25, 0.3) is 0 Å². The van der Waals surface area contributed by atoms with Gasteiger partial charge < -0.3 is 9.84 Å². The summed E-state index contributed by atoms with van der Waals surface area (Å²) in [6.07, 6.45) is -4.74. The molecule has 0 aliphatic heterocycles. The Morgan fingerprint density at radius 1 is 1.27 bits per heavy atom. The molecule has 0 amide bonds. The molecule has 0 bridgehead atoms. The molecule has 1 aromatic rings. The first-order chi connectivity index (χ1) is 6.88. The zero-order chi connectivity index (χ0) is 12.1. The molecule has 1 aromatic carbocycles. The summed E-state index contributed by atoms with van der Waals surface area (Å²) in [6, 6.07) is 3.23. The summed E-state index contributed by atoms with van der Waals surface area (Å²) in [6.45, 7) is 4.00. The van der Waals surface area contributed by atoms with Crippen LogP contribution in [0.25, 0.3) is 0 Å². The van der Waals surface area contributed by atoms with E-state index in [0.29, 0.717) is 4.47 Å². The van der Waals surface area contributed by atoms with E-state index in [-0.39, 0.29) is 5.75 Å². The van der Waals surface area contributed by atoms with Crippen LogP contribution < -0.4 is 4.74 Å². The van der Waals surface area contributed by atoms with Crippen LogP contribution in [0.1, 0.15) is 13.8 Å². The third kappa shape index (κ3) is 5.51. The van der Waals surface area contributed by atoms with E-state index in [1.165, 1.54) is 6.07 Å². The molecule has 1 rings (SSSR count). The van der Waals surface area contributed by atoms with Crippen molar-refractivity contribution in [1.29, 1.82) is 0 Å². The van der Waals surface area contributed by atoms with Crippen molar-refractivity contribution >= 4 is 15.9 Å². The van der Waals surface area contributed by atoms with Crippen LogP contribution in [0, 0.1) is 0 Å². The average molecular weight is 287 g/mol. The lowest BCUT2D eigenvalue weighted by molar-refractivity contribution is -0.274. The largest absolute Gasteiger partial charge is 0.573 e. The van der Waals surface area contributed by atoms with Crippen molar-refractivity contribution in [3.05, 3.63) is 22.7 Å². The summed E-state index contributed by atoms with van der Waals surface area (Å²) in [7, 11) is 0. The smallest absolute Gasteiger partial charge is 0.507 e. The van der Waals surface area contributed by atoms with E-state index < -0.39 is 12.1 Å². The molecule has 86 valence electrons. The first-order valence-electron chi connectivity index (χ1n) is 4.13. The molecule has 0 aliphatic rings. The predicted molar refractivity (Wildman–Crippen MR) is 53.8 cm³/mol. The maximum Gasteiger partial charge on any atom is 0.573 e. The van der Waals surface area contributed by atoms with Gasteiger partial charge in [-0.1, -0.05) is 13.8 Å². The lowest BCUT2D eigenvalue weighted by Gasteiger charge is -2.08. The van der Waals surface area contributed by atoms with E-state index in [1.807, 2.05) is 13.8 Å². The van der Waals surface area contributed by atoms with Crippen molar-refractivity contribution in [3.8, 4) is 11.5 Å². The topological polar surface area (TPSA) is 29.5 Å². The molecule has 15 heavy (non-hydrogen) atoms. The van der Waals surface area contributed by atoms with E-state index in [4.69, 9.17) is 5.11 Å². The van der Waals surface area contributed by atoms with Gasteiger partial charge in [0.15, 0.2) is 0 Å². The van der Waals surface area contributed by atoms with E-state index in [9.17, 15) is 13.2 Å². The average Bonchev–Trinajstić information content (AvgIpc) is 2.12. The van der Waals surface area contributed by atoms with Gasteiger partial charge in [-0.15, -0.1) is 13.2 Å². The molecule has 1 N–H and O–H groups in total. The van der Waals surface area contributed by atoms with Gasteiger partial charge in [0.1, 0.15) is 11.5 Å². The number of phenols is 1. The molecular weight excluding hydrogens is 277 g/mol. The van der Waals surface area contributed by atoms with Crippen molar-refractivity contribution in [2.45, 2.75) is 20.2 Å². The monoisotopic (exact) mass is 286 g/mol. The third-order valence-electron chi connectivity index (χ3n) is 1.15. The van der Waals surface area contributed by atoms with Crippen LogP contribution in [0.4, 0.5) is 13.2 Å². The summed E-state index contributed by atoms with van der Waals surface area (Å²) < 4.78 is 38.8. The number of alkyl halides is 3. The van der Waals surface area contributed by atoms with Gasteiger partial charge in [0.05, 0.1) is 4.47 Å². The maximum absolute atomic E-state index is 11.7. The number of benzene rings is 1. The fourth-order valence-corrected chi connectivity index (χ4v) is 0.936. The van der Waals surface area contributed by atoms with Gasteiger partial charge >= 0.3 is 6.36 Å². The van der Waals surface area contributed by atoms with Gasteiger partial charge in [0.2, 0.25) is 0 Å². The summed E-state index contributed by atoms with van der Waals surface area (Å²) >= 11 is 2.92. The van der Waals surface area contributed by atoms with E-state index in [1.54, 1.807) is 0 Å². The van der Waals surface area contributed by atoms with Gasteiger partial charge in [-0.2, -0.15) is 0 Å². The number of rotatable bonds is 1. The van der Waals surface area contributed by atoms with Crippen LogP contribution in [0.2, 0.25) is 0 Å². The Morgan fingerprint density at radius 3 is 2.20 bits per heavy atom. The zero-order valence-corrected chi connectivity index (χ0v) is 9.69. The number of phenolic OH excluding ortho intramolecular Hbond substituents is 1. The summed E-state index contributed by atoms with van der Waals surface area (Å²) in [5.74, 6) is -0.755. The van der Waals surface area contributed by atoms with Gasteiger partial charge in [-0.25, -0.2) is 0 Å². The highest BCUT2D eigenvalue weighted by atomic mass is 79.9. The third-order valence-corrected chi connectivity index (χ3v) is 1.82. The van der Waals surface area contributed by atoms with Crippen molar-refractivity contribution in [3.63, 3.8) is 0 Å². The maximum atomic E-state index is 11.7. The quantitative estimate of drug-likeness (QED) is 0.843. The van der Waals surface area contributed by atoms with Crippen LogP contribution >= 0.6 is 15.9 Å². The first kappa shape index (κ1) is 14.1. The van der Waals surface area contributed by atoms with Gasteiger partial charge in [-0.05, 0) is 28.1 Å². The molecule has 0 atom stereocenters. The van der Waals surface area contributed by atoms with Crippen LogP contribution in [0.15, 0.2) is 22.7 Å². The molecular formula is C9H10BrF3O2. The number of aromatic hydroxyl groups is 1. The fraction of sp³-hybridized carbons (Fsp3) is 0.333. The number of hydrogen-bond acceptors (Lipinski definition) is 2. The van der Waals surface area contributed by atoms with Crippen LogP contribution in [-0.4, -0.2) is 11.5 Å². The highest BCUT2D eigenvalue weighted by molar-refractivity contribution is 9.10. The molecule has 0 saturated carbocycles. The number of ether oxygens (including phenoxy) is 1. The summed E-state index contributed by atoms with van der Waals surface area (Å²) in [5, 5.41) is 9.00. The molecule has 2 nitrogen and oxygen atoms in total. The molecule has 0 unspecified atom stereocenters. The molecule has 0 fully saturated rings. The van der Waals surface area contributed by atoms with Crippen molar-refractivity contribution in [2.75, 3.05) is 0 Å². The van der Waals surface area contributed by atoms with Crippen LogP contribution in [0.5, 0.6) is 11.5 Å². The highest BCUT2D eigenvalue weighted by Gasteiger charge is 2.31. The van der Waals surface area contributed by atoms with Crippen LogP contribution in [0.3, 0.4) is 0 Å². The molecule has 0 aliphatic carbocycles. The second-order valence-corrected chi connectivity index (χ2v) is 3.02. The Kier molecular flexibility index (Phi) is 5.49. The van der Waals surface area contributed by atoms with E-state index in [0.717, 1.165) is 12.1 Å². The predicted octanol–water partition coefficient (Wildman–Crippen LogP) is 4.08. The normalized spacial score (nSPS) is 10.3. The molecule has 0 spiro atoms. The number of halogens is 4. The highest BCUT2D eigenvalue weighted by Crippen LogP contribution is 2.30. The first-order valence-corrected chi connectivity index (χ1v) is 4.92. The SMILES string of the molecule is CC.Oc1cc(OC(F)(F)F)ccc1Br. The van der Waals surface area contributed by atoms with Gasteiger partial charge in [-0.3, -0.25) is 0 Å². The Bertz CT molecular complexity index is 313. The minimum absolute atomic E-state index is 0.304. The Labute approximate surface area is 93.8 Å².